The molecule has 2 aliphatic heterocycles. The Balaban J connectivity index is 1.45. The first-order chi connectivity index (χ1) is 21.5. The van der Waals surface area contributed by atoms with E-state index in [1.54, 1.807) is 31.2 Å². The molecule has 1 atom stereocenters. The molecule has 0 N–H and O–H groups in total. The molecule has 0 bridgehead atoms. The molecule has 6 nitrogen and oxygen atoms in total. The van der Waals surface area contributed by atoms with E-state index in [0.29, 0.717) is 29.1 Å². The third-order valence-corrected chi connectivity index (χ3v) is 10.6. The van der Waals surface area contributed by atoms with E-state index in [-0.39, 0.29) is 39.1 Å². The van der Waals surface area contributed by atoms with Crippen LogP contribution in [-0.4, -0.2) is 29.8 Å². The first-order valence-electron chi connectivity index (χ1n) is 13.5. The van der Waals surface area contributed by atoms with Gasteiger partial charge >= 0.3 is 6.18 Å². The maximum Gasteiger partial charge on any atom is 0.402 e. The first-order valence-corrected chi connectivity index (χ1v) is 16.7. The fourth-order valence-corrected chi connectivity index (χ4v) is 9.41. The van der Waals surface area contributed by atoms with Crippen molar-refractivity contribution in [2.75, 3.05) is 9.80 Å². The van der Waals surface area contributed by atoms with Crippen LogP contribution < -0.4 is 9.80 Å². The summed E-state index contributed by atoms with van der Waals surface area (Å²) < 4.78 is 47.4. The standard InChI is InChI=1S/C33H19Br4F3N2O4/c1-14-8-15(2)26(23(35)9-14)41-28(43)19-6-4-16(10-21(19)30(41)45)32(3,33(38,39)40)17-5-7-20-22(11-17)31(46)42(29(20)44)27-24(36)12-18(34)13-25(27)37/h4-13H,1-3H3. The molecule has 0 aliphatic carbocycles. The number of alkyl halides is 3. The second-order valence-electron chi connectivity index (χ2n) is 11.2. The Morgan fingerprint density at radius 3 is 1.41 bits per heavy atom. The molecular formula is C33H19Br4F3N2O4. The van der Waals surface area contributed by atoms with Crippen molar-refractivity contribution in [2.24, 2.45) is 0 Å². The van der Waals surface area contributed by atoms with Crippen LogP contribution in [0.25, 0.3) is 0 Å². The van der Waals surface area contributed by atoms with Crippen LogP contribution in [0.2, 0.25) is 0 Å². The third kappa shape index (κ3) is 4.84. The minimum Gasteiger partial charge on any atom is -0.268 e. The van der Waals surface area contributed by atoms with Crippen LogP contribution in [0.4, 0.5) is 24.5 Å². The molecule has 1 unspecified atom stereocenters. The minimum absolute atomic E-state index is 0.0267. The molecule has 4 amide bonds. The van der Waals surface area contributed by atoms with E-state index in [0.717, 1.165) is 40.5 Å². The van der Waals surface area contributed by atoms with Crippen molar-refractivity contribution in [1.82, 2.24) is 0 Å². The molecule has 0 spiro atoms. The predicted octanol–water partition coefficient (Wildman–Crippen LogP) is 9.82. The van der Waals surface area contributed by atoms with E-state index in [2.05, 4.69) is 63.7 Å². The van der Waals surface area contributed by atoms with Gasteiger partial charge in [-0.05, 0) is 133 Å². The highest BCUT2D eigenvalue weighted by Crippen LogP contribution is 2.49. The lowest BCUT2D eigenvalue weighted by Crippen LogP contribution is -2.41. The molecule has 0 fully saturated rings. The van der Waals surface area contributed by atoms with E-state index in [1.165, 1.54) is 18.2 Å². The lowest BCUT2D eigenvalue weighted by molar-refractivity contribution is -0.173. The van der Waals surface area contributed by atoms with Crippen molar-refractivity contribution in [3.05, 3.63) is 123 Å². The van der Waals surface area contributed by atoms with E-state index in [9.17, 15) is 19.2 Å². The number of imide groups is 2. The average molecular weight is 884 g/mol. The maximum absolute atomic E-state index is 15.2. The molecule has 4 aromatic carbocycles. The summed E-state index contributed by atoms with van der Waals surface area (Å²) in [6.45, 7) is 4.53. The summed E-state index contributed by atoms with van der Waals surface area (Å²) in [7, 11) is 0. The van der Waals surface area contributed by atoms with Gasteiger partial charge in [-0.1, -0.05) is 34.1 Å². The summed E-state index contributed by atoms with van der Waals surface area (Å²) in [4.78, 5) is 55.9. The Hall–Kier alpha value is -3.13. The number of halogens is 7. The van der Waals surface area contributed by atoms with Crippen LogP contribution in [0.5, 0.6) is 0 Å². The maximum atomic E-state index is 15.2. The van der Waals surface area contributed by atoms with Crippen molar-refractivity contribution >= 4 is 98.7 Å². The Morgan fingerprint density at radius 1 is 0.565 bits per heavy atom. The van der Waals surface area contributed by atoms with Gasteiger partial charge in [-0.15, -0.1) is 0 Å². The van der Waals surface area contributed by atoms with Crippen LogP contribution in [0.1, 0.15) is 70.6 Å². The second-order valence-corrected chi connectivity index (χ2v) is 14.6. The molecule has 2 aliphatic rings. The predicted molar refractivity (Wildman–Crippen MR) is 181 cm³/mol. The lowest BCUT2D eigenvalue weighted by atomic mass is 9.74. The van der Waals surface area contributed by atoms with Gasteiger partial charge in [-0.2, -0.15) is 13.2 Å². The number of hydrogen-bond acceptors (Lipinski definition) is 4. The van der Waals surface area contributed by atoms with Gasteiger partial charge in [0.05, 0.1) is 33.6 Å². The van der Waals surface area contributed by atoms with E-state index in [4.69, 9.17) is 0 Å². The fraction of sp³-hybridized carbons (Fsp3) is 0.152. The number of aryl methyl sites for hydroxylation is 2. The Morgan fingerprint density at radius 2 is 0.978 bits per heavy atom. The highest BCUT2D eigenvalue weighted by molar-refractivity contribution is 9.11. The number of carbonyl (C=O) groups is 4. The third-order valence-electron chi connectivity index (χ3n) is 8.32. The topological polar surface area (TPSA) is 74.8 Å². The molecule has 46 heavy (non-hydrogen) atoms. The minimum atomic E-state index is -4.92. The number of hydrogen-bond donors (Lipinski definition) is 0. The summed E-state index contributed by atoms with van der Waals surface area (Å²) in [6.07, 6.45) is -4.92. The van der Waals surface area contributed by atoms with Crippen LogP contribution in [0, 0.1) is 13.8 Å². The van der Waals surface area contributed by atoms with Crippen molar-refractivity contribution in [2.45, 2.75) is 32.4 Å². The Labute approximate surface area is 294 Å². The summed E-state index contributed by atoms with van der Waals surface area (Å²) in [5, 5.41) is 0. The van der Waals surface area contributed by atoms with Gasteiger partial charge in [-0.3, -0.25) is 19.2 Å². The van der Waals surface area contributed by atoms with Gasteiger partial charge in [0.25, 0.3) is 23.6 Å². The number of carbonyl (C=O) groups excluding carboxylic acids is 4. The molecule has 0 radical (unpaired) electrons. The van der Waals surface area contributed by atoms with Gasteiger partial charge in [0.1, 0.15) is 5.41 Å². The quantitative estimate of drug-likeness (QED) is 0.192. The highest BCUT2D eigenvalue weighted by atomic mass is 79.9. The molecule has 4 aromatic rings. The Bertz CT molecular complexity index is 1900. The second kappa shape index (κ2) is 11.2. The van der Waals surface area contributed by atoms with Gasteiger partial charge in [0.2, 0.25) is 0 Å². The van der Waals surface area contributed by atoms with Gasteiger partial charge in [0.15, 0.2) is 0 Å². The fourth-order valence-electron chi connectivity index (χ4n) is 5.94. The summed E-state index contributed by atoms with van der Waals surface area (Å²) in [5.74, 6) is -2.89. The van der Waals surface area contributed by atoms with E-state index < -0.39 is 35.2 Å². The molecule has 234 valence electrons. The van der Waals surface area contributed by atoms with Crippen LogP contribution in [0.3, 0.4) is 0 Å². The molecule has 6 rings (SSSR count). The molecule has 0 saturated carbocycles. The molecule has 13 heteroatoms. The molecule has 0 saturated heterocycles. The number of anilines is 2. The van der Waals surface area contributed by atoms with Crippen molar-refractivity contribution in [1.29, 1.82) is 0 Å². The van der Waals surface area contributed by atoms with Gasteiger partial charge < -0.3 is 0 Å². The van der Waals surface area contributed by atoms with Crippen LogP contribution >= 0.6 is 63.7 Å². The van der Waals surface area contributed by atoms with E-state index >= 15 is 13.2 Å². The van der Waals surface area contributed by atoms with Crippen molar-refractivity contribution < 1.29 is 32.3 Å². The molecule has 0 aromatic heterocycles. The van der Waals surface area contributed by atoms with Crippen molar-refractivity contribution in [3.63, 3.8) is 0 Å². The zero-order chi connectivity index (χ0) is 33.6. The number of nitrogens with zero attached hydrogens (tertiary/aromatic N) is 2. The highest BCUT2D eigenvalue weighted by Gasteiger charge is 2.55. The monoisotopic (exact) mass is 880 g/mol. The number of fused-ring (bicyclic) bond motifs is 2. The average Bonchev–Trinajstić information content (AvgIpc) is 3.35. The van der Waals surface area contributed by atoms with E-state index in [1.807, 2.05) is 6.92 Å². The SMILES string of the molecule is Cc1cc(C)c(N2C(=O)c3ccc(C(C)(c4ccc5c(c4)C(=O)N(c4c(Br)cc(Br)cc4Br)C5=O)C(F)(F)F)cc3C2=O)c(Br)c1. The largest absolute Gasteiger partial charge is 0.402 e. The smallest absolute Gasteiger partial charge is 0.268 e. The van der Waals surface area contributed by atoms with Crippen molar-refractivity contribution in [3.8, 4) is 0 Å². The number of benzene rings is 4. The summed E-state index contributed by atoms with van der Waals surface area (Å²) >= 11 is 13.5. The molecular weight excluding hydrogens is 865 g/mol. The van der Waals surface area contributed by atoms with Crippen LogP contribution in [0.15, 0.2) is 78.6 Å². The Kier molecular flexibility index (Phi) is 8.02. The molecule has 2 heterocycles. The zero-order valence-corrected chi connectivity index (χ0v) is 30.3. The normalized spacial score (nSPS) is 15.9. The van der Waals surface area contributed by atoms with Crippen LogP contribution in [-0.2, 0) is 5.41 Å². The first kappa shape index (κ1) is 32.8. The summed E-state index contributed by atoms with van der Waals surface area (Å²) in [5.41, 5.74) is -1.77. The zero-order valence-electron chi connectivity index (χ0n) is 23.9. The van der Waals surface area contributed by atoms with Gasteiger partial charge in [-0.25, -0.2) is 9.80 Å². The number of rotatable bonds is 4. The summed E-state index contributed by atoms with van der Waals surface area (Å²) in [6, 6.07) is 13.7. The van der Waals surface area contributed by atoms with Gasteiger partial charge in [0, 0.05) is 17.9 Å². The lowest BCUT2D eigenvalue weighted by Gasteiger charge is -2.33. The number of amides is 4.